The molecule has 0 N–H and O–H groups in total. The summed E-state index contributed by atoms with van der Waals surface area (Å²) in [5.74, 6) is 0. The van der Waals surface area contributed by atoms with E-state index in [4.69, 9.17) is 0 Å². The third-order valence-corrected chi connectivity index (χ3v) is 2.45. The lowest BCUT2D eigenvalue weighted by Gasteiger charge is -2.02. The van der Waals surface area contributed by atoms with E-state index in [-0.39, 0.29) is 0 Å². The standard InChI is InChI=1S/C10H13OSi/c1-12(2,11)9-8-10-6-4-3-5-7-10/h3-9H,1-2H3. The molecular weight excluding hydrogens is 164 g/mol. The van der Waals surface area contributed by atoms with Gasteiger partial charge >= 0.3 is 0 Å². The molecule has 0 aliphatic heterocycles. The number of hydrogen-bond donors (Lipinski definition) is 0. The summed E-state index contributed by atoms with van der Waals surface area (Å²) in [7, 11) is -2.27. The van der Waals surface area contributed by atoms with Crippen molar-refractivity contribution in [1.82, 2.24) is 0 Å². The van der Waals surface area contributed by atoms with Crippen LogP contribution in [0.4, 0.5) is 0 Å². The minimum Gasteiger partial charge on any atom is -0.293 e. The van der Waals surface area contributed by atoms with Gasteiger partial charge in [0.25, 0.3) is 8.32 Å². The van der Waals surface area contributed by atoms with Crippen LogP contribution in [0.2, 0.25) is 13.1 Å². The van der Waals surface area contributed by atoms with Gasteiger partial charge in [-0.25, -0.2) is 0 Å². The summed E-state index contributed by atoms with van der Waals surface area (Å²) in [5, 5.41) is 0. The van der Waals surface area contributed by atoms with E-state index in [1.807, 2.05) is 42.1 Å². The van der Waals surface area contributed by atoms with Crippen LogP contribution in [-0.4, -0.2) is 8.32 Å². The van der Waals surface area contributed by atoms with E-state index in [1.54, 1.807) is 13.1 Å². The predicted molar refractivity (Wildman–Crippen MR) is 53.6 cm³/mol. The van der Waals surface area contributed by atoms with E-state index in [1.165, 1.54) is 0 Å². The molecule has 0 aliphatic carbocycles. The molecule has 1 aromatic rings. The second kappa shape index (κ2) is 3.69. The van der Waals surface area contributed by atoms with Gasteiger partial charge in [0.2, 0.25) is 0 Å². The molecule has 1 radical (unpaired) electrons. The summed E-state index contributed by atoms with van der Waals surface area (Å²) in [6.07, 6.45) is 1.92. The van der Waals surface area contributed by atoms with Crippen molar-refractivity contribution in [3.63, 3.8) is 0 Å². The summed E-state index contributed by atoms with van der Waals surface area (Å²) >= 11 is 0. The first kappa shape index (κ1) is 9.23. The first-order valence-corrected chi connectivity index (χ1v) is 7.01. The monoisotopic (exact) mass is 177 g/mol. The predicted octanol–water partition coefficient (Wildman–Crippen LogP) is 2.87. The van der Waals surface area contributed by atoms with E-state index in [2.05, 4.69) is 0 Å². The summed E-state index contributed by atoms with van der Waals surface area (Å²) in [4.78, 5) is 11.3. The van der Waals surface area contributed by atoms with E-state index in [0.29, 0.717) is 0 Å². The number of rotatable bonds is 2. The van der Waals surface area contributed by atoms with Crippen molar-refractivity contribution in [2.24, 2.45) is 0 Å². The Balaban J connectivity index is 2.71. The molecule has 1 aromatic carbocycles. The van der Waals surface area contributed by atoms with Gasteiger partial charge in [-0.1, -0.05) is 42.1 Å². The van der Waals surface area contributed by atoms with Gasteiger partial charge in [-0.2, -0.15) is 0 Å². The molecule has 0 spiro atoms. The number of hydrogen-bond acceptors (Lipinski definition) is 0. The zero-order valence-electron chi connectivity index (χ0n) is 7.45. The van der Waals surface area contributed by atoms with Crippen LogP contribution >= 0.6 is 0 Å². The van der Waals surface area contributed by atoms with Gasteiger partial charge < -0.3 is 0 Å². The molecule has 0 amide bonds. The molecule has 0 bridgehead atoms. The first-order valence-electron chi connectivity index (χ1n) is 4.03. The lowest BCUT2D eigenvalue weighted by Crippen LogP contribution is -2.18. The van der Waals surface area contributed by atoms with Crippen molar-refractivity contribution in [3.8, 4) is 0 Å². The van der Waals surface area contributed by atoms with Crippen LogP contribution < -0.4 is 0 Å². The Hall–Kier alpha value is -0.863. The fourth-order valence-corrected chi connectivity index (χ4v) is 1.45. The normalized spacial score (nSPS) is 12.2. The molecule has 12 heavy (non-hydrogen) atoms. The van der Waals surface area contributed by atoms with Gasteiger partial charge in [0.1, 0.15) is 0 Å². The van der Waals surface area contributed by atoms with Gasteiger partial charge in [-0.3, -0.25) is 4.80 Å². The van der Waals surface area contributed by atoms with Crippen molar-refractivity contribution in [2.45, 2.75) is 13.1 Å². The van der Waals surface area contributed by atoms with Crippen LogP contribution in [0.25, 0.3) is 6.08 Å². The lowest BCUT2D eigenvalue weighted by atomic mass is 10.2. The van der Waals surface area contributed by atoms with Crippen LogP contribution in [0.3, 0.4) is 0 Å². The van der Waals surface area contributed by atoms with Crippen molar-refractivity contribution < 1.29 is 4.80 Å². The Morgan fingerprint density at radius 3 is 2.25 bits per heavy atom. The fourth-order valence-electron chi connectivity index (χ4n) is 0.861. The summed E-state index contributed by atoms with van der Waals surface area (Å²) < 4.78 is 0. The van der Waals surface area contributed by atoms with E-state index in [9.17, 15) is 4.80 Å². The maximum Gasteiger partial charge on any atom is 0.254 e. The van der Waals surface area contributed by atoms with E-state index in [0.717, 1.165) is 5.56 Å². The maximum atomic E-state index is 11.3. The molecule has 0 saturated carbocycles. The Morgan fingerprint density at radius 2 is 1.75 bits per heavy atom. The van der Waals surface area contributed by atoms with Crippen molar-refractivity contribution >= 4 is 14.4 Å². The van der Waals surface area contributed by atoms with Crippen molar-refractivity contribution in [3.05, 3.63) is 41.6 Å². The average Bonchev–Trinajstić information content (AvgIpc) is 2.02. The number of benzene rings is 1. The largest absolute Gasteiger partial charge is 0.293 e. The Labute approximate surface area is 74.5 Å². The summed E-state index contributed by atoms with van der Waals surface area (Å²) in [6, 6.07) is 9.91. The average molecular weight is 177 g/mol. The topological polar surface area (TPSA) is 19.9 Å². The Kier molecular flexibility index (Phi) is 2.84. The highest BCUT2D eigenvalue weighted by Crippen LogP contribution is 2.05. The van der Waals surface area contributed by atoms with Crippen LogP contribution in [0, 0.1) is 0 Å². The molecular formula is C10H13OSi. The second-order valence-corrected chi connectivity index (χ2v) is 6.89. The zero-order valence-corrected chi connectivity index (χ0v) is 8.45. The maximum absolute atomic E-state index is 11.3. The quantitative estimate of drug-likeness (QED) is 0.619. The molecule has 1 nitrogen and oxygen atoms in total. The van der Waals surface area contributed by atoms with Gasteiger partial charge in [-0.05, 0) is 18.7 Å². The van der Waals surface area contributed by atoms with Crippen molar-refractivity contribution in [1.29, 1.82) is 0 Å². The van der Waals surface area contributed by atoms with Crippen LogP contribution in [0.1, 0.15) is 5.56 Å². The third kappa shape index (κ3) is 3.51. The molecule has 0 aliphatic rings. The molecule has 0 fully saturated rings. The molecule has 0 unspecified atom stereocenters. The molecule has 63 valence electrons. The second-order valence-electron chi connectivity index (χ2n) is 3.35. The van der Waals surface area contributed by atoms with E-state index < -0.39 is 8.32 Å². The molecule has 0 aromatic heterocycles. The Bertz CT molecular complexity index is 259. The highest BCUT2D eigenvalue weighted by atomic mass is 28.4. The Morgan fingerprint density at radius 1 is 1.17 bits per heavy atom. The molecule has 2 heteroatoms. The summed E-state index contributed by atoms with van der Waals surface area (Å²) in [6.45, 7) is 3.57. The zero-order chi connectivity index (χ0) is 9.03. The molecule has 0 heterocycles. The van der Waals surface area contributed by atoms with Gasteiger partial charge in [-0.15, -0.1) is 0 Å². The van der Waals surface area contributed by atoms with Crippen LogP contribution in [0.5, 0.6) is 0 Å². The van der Waals surface area contributed by atoms with E-state index >= 15 is 0 Å². The first-order chi connectivity index (χ1) is 5.58. The van der Waals surface area contributed by atoms with Gasteiger partial charge in [0.05, 0.1) is 0 Å². The molecule has 1 rings (SSSR count). The highest BCUT2D eigenvalue weighted by Gasteiger charge is 2.13. The fraction of sp³-hybridized carbons (Fsp3) is 0.200. The highest BCUT2D eigenvalue weighted by molar-refractivity contribution is 6.75. The smallest absolute Gasteiger partial charge is 0.254 e. The van der Waals surface area contributed by atoms with Crippen LogP contribution in [-0.2, 0) is 4.80 Å². The minimum absolute atomic E-state index is 1.11. The molecule has 0 saturated heterocycles. The van der Waals surface area contributed by atoms with Crippen molar-refractivity contribution in [2.75, 3.05) is 0 Å². The van der Waals surface area contributed by atoms with Crippen LogP contribution in [0.15, 0.2) is 36.0 Å². The molecule has 0 atom stereocenters. The minimum atomic E-state index is -2.27. The third-order valence-electron chi connectivity index (χ3n) is 1.48. The summed E-state index contributed by atoms with van der Waals surface area (Å²) in [5.41, 5.74) is 2.91. The van der Waals surface area contributed by atoms with Gasteiger partial charge in [0, 0.05) is 0 Å². The van der Waals surface area contributed by atoms with Gasteiger partial charge in [0.15, 0.2) is 0 Å². The SMILES string of the molecule is C[Si](C)([O])C=Cc1ccccc1. The lowest BCUT2D eigenvalue weighted by molar-refractivity contribution is 0.442.